The highest BCUT2D eigenvalue weighted by molar-refractivity contribution is 5.89. The number of carbonyl (C=O) groups is 1. The predicted molar refractivity (Wildman–Crippen MR) is 163 cm³/mol. The Hall–Kier alpha value is -1.39. The number of ether oxygens (including phenoxy) is 2. The van der Waals surface area contributed by atoms with Gasteiger partial charge in [-0.25, -0.2) is 4.79 Å². The molecule has 0 aromatic carbocycles. The first kappa shape index (κ1) is 35.4. The maximum Gasteiger partial charge on any atom is 0.337 e. The van der Waals surface area contributed by atoms with Crippen LogP contribution in [-0.2, 0) is 14.3 Å². The molecular formula is C34H54O13. The lowest BCUT2D eigenvalue weighted by molar-refractivity contribution is -0.341. The van der Waals surface area contributed by atoms with Gasteiger partial charge in [0, 0.05) is 38.2 Å². The zero-order valence-corrected chi connectivity index (χ0v) is 27.1. The predicted octanol–water partition coefficient (Wildman–Crippen LogP) is 0.479. The lowest BCUT2D eigenvalue weighted by atomic mass is 9.45. The van der Waals surface area contributed by atoms with Gasteiger partial charge in [-0.15, -0.1) is 0 Å². The van der Waals surface area contributed by atoms with Crippen LogP contribution in [0.2, 0.25) is 0 Å². The highest BCUT2D eigenvalue weighted by Gasteiger charge is 2.75. The van der Waals surface area contributed by atoms with E-state index in [2.05, 4.69) is 0 Å². The number of hydrogen-bond acceptors (Lipinski definition) is 12. The van der Waals surface area contributed by atoms with Gasteiger partial charge in [-0.3, -0.25) is 0 Å². The average molecular weight is 671 g/mol. The van der Waals surface area contributed by atoms with Crippen LogP contribution < -0.4 is 0 Å². The fourth-order valence-electron chi connectivity index (χ4n) is 11.1. The van der Waals surface area contributed by atoms with E-state index in [0.717, 1.165) is 51.4 Å². The van der Waals surface area contributed by atoms with E-state index in [1.807, 2.05) is 0 Å². The third-order valence-electron chi connectivity index (χ3n) is 13.4. The van der Waals surface area contributed by atoms with Crippen molar-refractivity contribution in [3.05, 3.63) is 11.3 Å². The van der Waals surface area contributed by atoms with Crippen LogP contribution in [0.1, 0.15) is 89.9 Å². The molecular weight excluding hydrogens is 616 g/mol. The smallest absolute Gasteiger partial charge is 0.337 e. The van der Waals surface area contributed by atoms with Crippen molar-refractivity contribution in [3.8, 4) is 0 Å². The van der Waals surface area contributed by atoms with E-state index in [-0.39, 0.29) is 36.4 Å². The fraction of sp³-hybridized carbons (Fsp3) is 0.912. The van der Waals surface area contributed by atoms with Crippen molar-refractivity contribution in [1.29, 1.82) is 0 Å². The second-order valence-corrected chi connectivity index (χ2v) is 15.8. The molecule has 5 saturated carbocycles. The van der Waals surface area contributed by atoms with Crippen LogP contribution in [0, 0.1) is 35.5 Å². The minimum absolute atomic E-state index is 0.000723. The average Bonchev–Trinajstić information content (AvgIpc) is 2.99. The molecule has 0 aromatic heterocycles. The molecule has 6 aliphatic carbocycles. The van der Waals surface area contributed by atoms with Crippen molar-refractivity contribution >= 4 is 5.97 Å². The van der Waals surface area contributed by atoms with E-state index < -0.39 is 89.5 Å². The molecule has 12 unspecified atom stereocenters. The molecule has 0 spiro atoms. The molecule has 5 fully saturated rings. The van der Waals surface area contributed by atoms with Gasteiger partial charge in [0.15, 0.2) is 11.9 Å². The van der Waals surface area contributed by atoms with Gasteiger partial charge in [0.05, 0.1) is 36.1 Å². The number of fused-ring (bicyclic) bond motifs is 3. The summed E-state index contributed by atoms with van der Waals surface area (Å²) in [6, 6.07) is 0. The zero-order valence-electron chi connectivity index (χ0n) is 27.1. The molecule has 0 saturated heterocycles. The first-order valence-corrected chi connectivity index (χ1v) is 17.5. The molecule has 0 aromatic rings. The van der Waals surface area contributed by atoms with Crippen molar-refractivity contribution in [2.24, 2.45) is 35.5 Å². The number of rotatable bonds is 7. The van der Waals surface area contributed by atoms with Crippen molar-refractivity contribution in [2.75, 3.05) is 7.11 Å². The Morgan fingerprint density at radius 2 is 1.53 bits per heavy atom. The van der Waals surface area contributed by atoms with E-state index in [1.165, 1.54) is 0 Å². The molecule has 268 valence electrons. The molecule has 0 radical (unpaired) electrons. The molecule has 10 N–H and O–H groups in total. The summed E-state index contributed by atoms with van der Waals surface area (Å²) in [4.78, 5) is 11.8. The van der Waals surface area contributed by atoms with Crippen LogP contribution in [0.15, 0.2) is 11.3 Å². The first-order valence-electron chi connectivity index (χ1n) is 17.5. The summed E-state index contributed by atoms with van der Waals surface area (Å²) >= 11 is 0. The SMILES string of the molecule is COC1CCC(OC(O)CC2CCC(C3CCC(O)C4C(O)C5C(O)C6(O)C(O)C(C(=O)O)=C(O)CC6(O)CC5(O)CC34)CC2)CC1. The maximum atomic E-state index is 12.1. The van der Waals surface area contributed by atoms with Gasteiger partial charge in [0.25, 0.3) is 0 Å². The van der Waals surface area contributed by atoms with Crippen LogP contribution >= 0.6 is 0 Å². The maximum absolute atomic E-state index is 12.1. The number of carboxylic acids is 1. The summed E-state index contributed by atoms with van der Waals surface area (Å²) in [5.74, 6) is -4.69. The highest BCUT2D eigenvalue weighted by Crippen LogP contribution is 2.62. The van der Waals surface area contributed by atoms with Gasteiger partial charge in [0.2, 0.25) is 0 Å². The van der Waals surface area contributed by atoms with Gasteiger partial charge < -0.3 is 60.5 Å². The number of aliphatic hydroxyl groups excluding tert-OH is 6. The Morgan fingerprint density at radius 1 is 0.894 bits per heavy atom. The van der Waals surface area contributed by atoms with Crippen LogP contribution in [0.5, 0.6) is 0 Å². The number of methoxy groups -OCH3 is 1. The van der Waals surface area contributed by atoms with Gasteiger partial charge in [-0.2, -0.15) is 0 Å². The molecule has 0 amide bonds. The lowest BCUT2D eigenvalue weighted by Gasteiger charge is -2.66. The topological polar surface area (TPSA) is 238 Å². The summed E-state index contributed by atoms with van der Waals surface area (Å²) in [6.07, 6.45) is -0.318. The molecule has 47 heavy (non-hydrogen) atoms. The molecule has 0 heterocycles. The Bertz CT molecular complexity index is 1180. The van der Waals surface area contributed by atoms with Gasteiger partial charge in [0.1, 0.15) is 23.0 Å². The van der Waals surface area contributed by atoms with Gasteiger partial charge in [-0.05, 0) is 94.3 Å². The standard InChI is InChI=1S/C34H54O13/c1-46-18-6-8-19(9-7-18)47-24(37)12-16-2-4-17(5-3-16)20-10-11-22(35)25-21(20)13-32(43)15-33(44)14-23(36)26(31(41)42)29(39)34(33,45)30(40)27(32)28(25)38/h16-22,24-25,27-30,35-40,43-45H,2-15H2,1H3,(H,41,42). The number of aliphatic carboxylic acids is 1. The summed E-state index contributed by atoms with van der Waals surface area (Å²) in [5, 5.41) is 111. The van der Waals surface area contributed by atoms with Crippen LogP contribution in [0.25, 0.3) is 0 Å². The molecule has 12 atom stereocenters. The Labute approximate surface area is 274 Å². The molecule has 13 heteroatoms. The first-order chi connectivity index (χ1) is 22.1. The second kappa shape index (κ2) is 13.1. The normalized spacial score (nSPS) is 51.0. The third kappa shape index (κ3) is 5.96. The summed E-state index contributed by atoms with van der Waals surface area (Å²) < 4.78 is 11.4. The highest BCUT2D eigenvalue weighted by atomic mass is 16.6. The Balaban J connectivity index is 1.14. The second-order valence-electron chi connectivity index (χ2n) is 15.8. The van der Waals surface area contributed by atoms with Crippen molar-refractivity contribution in [1.82, 2.24) is 0 Å². The van der Waals surface area contributed by atoms with Crippen LogP contribution in [-0.4, -0.2) is 124 Å². The third-order valence-corrected chi connectivity index (χ3v) is 13.4. The quantitative estimate of drug-likeness (QED) is 0.166. The van der Waals surface area contributed by atoms with Crippen molar-refractivity contribution in [2.45, 2.75) is 150 Å². The molecule has 6 aliphatic rings. The number of carboxylic acid groups (broad SMARTS) is 1. The lowest BCUT2D eigenvalue weighted by Crippen LogP contribution is -2.81. The van der Waals surface area contributed by atoms with Crippen LogP contribution in [0.4, 0.5) is 0 Å². The monoisotopic (exact) mass is 670 g/mol. The fourth-order valence-corrected chi connectivity index (χ4v) is 11.1. The zero-order chi connectivity index (χ0) is 34.1. The van der Waals surface area contributed by atoms with E-state index >= 15 is 0 Å². The van der Waals surface area contributed by atoms with Crippen LogP contribution in [0.3, 0.4) is 0 Å². The van der Waals surface area contributed by atoms with Crippen molar-refractivity contribution < 1.29 is 65.3 Å². The molecule has 0 bridgehead atoms. The Kier molecular flexibility index (Phi) is 9.84. The summed E-state index contributed by atoms with van der Waals surface area (Å²) in [5.41, 5.74) is -8.32. The van der Waals surface area contributed by atoms with E-state index in [4.69, 9.17) is 9.47 Å². The number of hydrogen-bond donors (Lipinski definition) is 10. The molecule has 13 nitrogen and oxygen atoms in total. The Morgan fingerprint density at radius 3 is 2.15 bits per heavy atom. The minimum Gasteiger partial charge on any atom is -0.512 e. The largest absolute Gasteiger partial charge is 0.512 e. The molecule has 0 aliphatic heterocycles. The number of aliphatic hydroxyl groups is 9. The summed E-state index contributed by atoms with van der Waals surface area (Å²) in [6.45, 7) is 0. The van der Waals surface area contributed by atoms with E-state index in [9.17, 15) is 55.9 Å². The minimum atomic E-state index is -2.91. The van der Waals surface area contributed by atoms with E-state index in [1.54, 1.807) is 7.11 Å². The van der Waals surface area contributed by atoms with Crippen molar-refractivity contribution in [3.63, 3.8) is 0 Å². The van der Waals surface area contributed by atoms with E-state index in [0.29, 0.717) is 25.2 Å². The van der Waals surface area contributed by atoms with Gasteiger partial charge >= 0.3 is 5.97 Å². The van der Waals surface area contributed by atoms with Gasteiger partial charge in [-0.1, -0.05) is 0 Å². The summed E-state index contributed by atoms with van der Waals surface area (Å²) in [7, 11) is 1.72. The molecule has 6 rings (SSSR count).